The second-order valence-corrected chi connectivity index (χ2v) is 6.31. The smallest absolute Gasteiger partial charge is 0.289 e. The molecule has 1 heterocycles. The van der Waals surface area contributed by atoms with Gasteiger partial charge >= 0.3 is 0 Å². The lowest BCUT2D eigenvalue weighted by Gasteiger charge is -2.39. The second-order valence-electron chi connectivity index (χ2n) is 6.31. The van der Waals surface area contributed by atoms with E-state index in [1.807, 2.05) is 0 Å². The summed E-state index contributed by atoms with van der Waals surface area (Å²) in [5.41, 5.74) is 0. The number of quaternary nitrogens is 1. The van der Waals surface area contributed by atoms with Crippen molar-refractivity contribution < 1.29 is 14.3 Å². The maximum atomic E-state index is 4.12. The molecular weight excluding hydrogens is 262 g/mol. The van der Waals surface area contributed by atoms with E-state index in [-0.39, 0.29) is 0 Å². The van der Waals surface area contributed by atoms with Crippen molar-refractivity contribution in [2.24, 2.45) is 0 Å². The van der Waals surface area contributed by atoms with E-state index in [0.29, 0.717) is 6.29 Å². The molecule has 127 valence electrons. The minimum Gasteiger partial charge on any atom is -0.324 e. The van der Waals surface area contributed by atoms with Gasteiger partial charge in [0.15, 0.2) is 0 Å². The number of rotatable bonds is 12. The topological polar surface area (TPSA) is 25.1 Å². The third kappa shape index (κ3) is 12.1. The summed E-state index contributed by atoms with van der Waals surface area (Å²) < 4.78 is 1.42. The lowest BCUT2D eigenvalue weighted by Crippen LogP contribution is -2.50. The van der Waals surface area contributed by atoms with E-state index in [9.17, 15) is 0 Å². The number of nitrogens with zero attached hydrogens (tertiary/aromatic N) is 1. The number of hydrogen-bond donors (Lipinski definition) is 0. The molecule has 0 bridgehead atoms. The molecule has 0 atom stereocenters. The van der Waals surface area contributed by atoms with Crippen LogP contribution < -0.4 is 0 Å². The van der Waals surface area contributed by atoms with Crippen molar-refractivity contribution in [1.29, 1.82) is 0 Å². The van der Waals surface area contributed by atoms with E-state index >= 15 is 0 Å². The molecule has 0 N–H and O–H groups in total. The van der Waals surface area contributed by atoms with Crippen LogP contribution in [0.1, 0.15) is 86.0 Å². The van der Waals surface area contributed by atoms with Gasteiger partial charge < -0.3 is 4.48 Å². The zero-order valence-corrected chi connectivity index (χ0v) is 15.2. The lowest BCUT2D eigenvalue weighted by atomic mass is 10.1. The van der Waals surface area contributed by atoms with Crippen molar-refractivity contribution in [1.82, 2.24) is 0 Å². The van der Waals surface area contributed by atoms with Crippen molar-refractivity contribution in [3.05, 3.63) is 6.29 Å². The van der Waals surface area contributed by atoms with Gasteiger partial charge in [-0.05, 0) is 25.7 Å². The van der Waals surface area contributed by atoms with E-state index in [1.165, 1.54) is 82.0 Å². The Kier molecular flexibility index (Phi) is 13.5. The Balaban J connectivity index is 0.000000847. The third-order valence-corrected chi connectivity index (χ3v) is 4.19. The van der Waals surface area contributed by atoms with Crippen LogP contribution in [0.5, 0.6) is 0 Å². The zero-order chi connectivity index (χ0) is 16.0. The quantitative estimate of drug-likeness (QED) is 0.271. The molecule has 0 amide bonds. The van der Waals surface area contributed by atoms with Crippen LogP contribution in [0.2, 0.25) is 0 Å². The molecule has 1 aliphatic heterocycles. The Morgan fingerprint density at radius 2 is 0.857 bits per heavy atom. The van der Waals surface area contributed by atoms with Gasteiger partial charge in [0.1, 0.15) is 0 Å². The first-order valence-electron chi connectivity index (χ1n) is 9.17. The fourth-order valence-corrected chi connectivity index (χ4v) is 2.69. The van der Waals surface area contributed by atoms with Gasteiger partial charge in [-0.25, -0.2) is 0 Å². The van der Waals surface area contributed by atoms with Crippen LogP contribution in [0.4, 0.5) is 0 Å². The molecule has 0 aromatic carbocycles. The molecule has 0 aromatic rings. The predicted octanol–water partition coefficient (Wildman–Crippen LogP) is 5.46. The summed E-state index contributed by atoms with van der Waals surface area (Å²) in [4.78, 5) is 8.25. The van der Waals surface area contributed by atoms with E-state index in [2.05, 4.69) is 37.5 Å². The van der Waals surface area contributed by atoms with Crippen LogP contribution in [0.3, 0.4) is 0 Å². The summed E-state index contributed by atoms with van der Waals surface area (Å²) >= 11 is 0. The van der Waals surface area contributed by atoms with Crippen LogP contribution in [-0.4, -0.2) is 30.7 Å². The van der Waals surface area contributed by atoms with Gasteiger partial charge in [0.25, 0.3) is 6.29 Å². The Morgan fingerprint density at radius 3 is 1.00 bits per heavy atom. The first-order chi connectivity index (χ1) is 10.1. The van der Waals surface area contributed by atoms with Gasteiger partial charge in [-0.1, -0.05) is 53.4 Å². The molecule has 0 saturated carbocycles. The largest absolute Gasteiger partial charge is 0.324 e. The average molecular weight is 302 g/mol. The summed E-state index contributed by atoms with van der Waals surface area (Å²) in [6, 6.07) is 0. The molecule has 3 heteroatoms. The van der Waals surface area contributed by atoms with Crippen molar-refractivity contribution >= 4 is 0 Å². The Hall–Kier alpha value is -0.120. The van der Waals surface area contributed by atoms with E-state index in [0.717, 1.165) is 0 Å². The molecule has 1 aliphatic rings. The highest BCUT2D eigenvalue weighted by molar-refractivity contribution is 4.55. The van der Waals surface area contributed by atoms with Crippen LogP contribution in [0, 0.1) is 6.29 Å². The van der Waals surface area contributed by atoms with Crippen LogP contribution in [-0.2, 0) is 9.78 Å². The molecule has 1 radical (unpaired) electrons. The van der Waals surface area contributed by atoms with E-state index in [4.69, 9.17) is 0 Å². The van der Waals surface area contributed by atoms with Gasteiger partial charge in [-0.3, -0.25) is 0 Å². The minimum absolute atomic E-state index is 0.667. The molecule has 3 nitrogen and oxygen atoms in total. The SMILES string of the molecule is CCCC[N+](CCCC)(CCCC)CCCC.C[C]1OO1. The maximum absolute atomic E-state index is 4.12. The highest BCUT2D eigenvalue weighted by Crippen LogP contribution is 2.18. The monoisotopic (exact) mass is 301 g/mol. The Morgan fingerprint density at radius 1 is 0.619 bits per heavy atom. The standard InChI is InChI=1S/C16H36N.C2H3O2/c1-5-9-13-17(14-10-6-2,15-11-7-3)16-12-8-4;1-2-3-4-2/h5-16H2,1-4H3;1H3/q+1;. The normalized spacial score (nSPS) is 14.7. The zero-order valence-electron chi connectivity index (χ0n) is 15.2. The predicted molar refractivity (Wildman–Crippen MR) is 90.4 cm³/mol. The van der Waals surface area contributed by atoms with E-state index in [1.54, 1.807) is 6.92 Å². The van der Waals surface area contributed by atoms with Gasteiger partial charge in [-0.2, -0.15) is 9.78 Å². The highest BCUT2D eigenvalue weighted by Gasteiger charge is 2.24. The second kappa shape index (κ2) is 13.5. The van der Waals surface area contributed by atoms with Gasteiger partial charge in [0, 0.05) is 6.92 Å². The molecule has 1 saturated heterocycles. The Bertz CT molecular complexity index is 180. The van der Waals surface area contributed by atoms with Crippen LogP contribution in [0.25, 0.3) is 0 Å². The minimum atomic E-state index is 0.667. The number of hydrogen-bond acceptors (Lipinski definition) is 2. The summed E-state index contributed by atoms with van der Waals surface area (Å²) in [5, 5.41) is 0. The summed E-state index contributed by atoms with van der Waals surface area (Å²) in [5.74, 6) is 0. The summed E-state index contributed by atoms with van der Waals surface area (Å²) in [6.45, 7) is 16.8. The van der Waals surface area contributed by atoms with Crippen molar-refractivity contribution in [3.8, 4) is 0 Å². The Labute approximate surface area is 133 Å². The molecule has 1 rings (SSSR count). The maximum Gasteiger partial charge on any atom is 0.289 e. The van der Waals surface area contributed by atoms with Crippen LogP contribution in [0.15, 0.2) is 0 Å². The lowest BCUT2D eigenvalue weighted by molar-refractivity contribution is -0.929. The van der Waals surface area contributed by atoms with Crippen molar-refractivity contribution in [2.75, 3.05) is 26.2 Å². The molecule has 0 aromatic heterocycles. The fraction of sp³-hybridized carbons (Fsp3) is 0.944. The molecule has 0 aliphatic carbocycles. The molecule has 21 heavy (non-hydrogen) atoms. The van der Waals surface area contributed by atoms with Gasteiger partial charge in [0.05, 0.1) is 26.2 Å². The van der Waals surface area contributed by atoms with Crippen molar-refractivity contribution in [2.45, 2.75) is 86.0 Å². The van der Waals surface area contributed by atoms with Crippen LogP contribution >= 0.6 is 0 Å². The third-order valence-electron chi connectivity index (χ3n) is 4.19. The summed E-state index contributed by atoms with van der Waals surface area (Å²) in [7, 11) is 0. The molecular formula is C18H39NO2+. The van der Waals surface area contributed by atoms with Gasteiger partial charge in [0.2, 0.25) is 0 Å². The van der Waals surface area contributed by atoms with E-state index < -0.39 is 0 Å². The van der Waals surface area contributed by atoms with Crippen molar-refractivity contribution in [3.63, 3.8) is 0 Å². The first kappa shape index (κ1) is 20.9. The summed E-state index contributed by atoms with van der Waals surface area (Å²) in [6.07, 6.45) is 11.7. The average Bonchev–Trinajstić information content (AvgIpc) is 3.29. The highest BCUT2D eigenvalue weighted by atomic mass is 17.4. The molecule has 1 fully saturated rings. The number of unbranched alkanes of at least 4 members (excludes halogenated alkanes) is 4. The molecule has 0 spiro atoms. The molecule has 0 unspecified atom stereocenters. The van der Waals surface area contributed by atoms with Gasteiger partial charge in [-0.15, -0.1) is 0 Å². The fourth-order valence-electron chi connectivity index (χ4n) is 2.69. The first-order valence-corrected chi connectivity index (χ1v) is 9.17.